The molecule has 0 aliphatic carbocycles. The molecule has 2 N–H and O–H groups in total. The van der Waals surface area contributed by atoms with Crippen molar-refractivity contribution < 1.29 is 48.2 Å². The van der Waals surface area contributed by atoms with Gasteiger partial charge in [0.25, 0.3) is 0 Å². The molecule has 0 unspecified atom stereocenters. The van der Waals surface area contributed by atoms with Gasteiger partial charge < -0.3 is 9.15 Å². The highest BCUT2D eigenvalue weighted by atomic mass is 35.7. The van der Waals surface area contributed by atoms with E-state index in [0.717, 1.165) is 5.56 Å². The first kappa shape index (κ1) is 18.8. The Bertz CT molecular complexity index is 688. The minimum atomic E-state index is -4.94. The number of rotatable bonds is 3. The minimum Gasteiger partial charge on any atom is -0.462 e. The van der Waals surface area contributed by atoms with Crippen LogP contribution in [0.1, 0.15) is 17.3 Å². The van der Waals surface area contributed by atoms with Gasteiger partial charge in [-0.2, -0.15) is 0 Å². The Labute approximate surface area is 133 Å². The highest BCUT2D eigenvalue weighted by Gasteiger charge is 2.15. The summed E-state index contributed by atoms with van der Waals surface area (Å²) in [6.07, 6.45) is 0. The summed E-state index contributed by atoms with van der Waals surface area (Å²) in [6, 6.07) is 12.8. The molecule has 1 aromatic heterocycles. The van der Waals surface area contributed by atoms with E-state index in [9.17, 15) is 4.79 Å². The summed E-state index contributed by atoms with van der Waals surface area (Å²) in [5.41, 5.74) is 1.21. The molecule has 0 radical (unpaired) electrons. The zero-order valence-corrected chi connectivity index (χ0v) is 12.8. The van der Waals surface area contributed by atoms with Gasteiger partial charge in [-0.05, 0) is 19.1 Å². The molecule has 124 valence electrons. The maximum absolute atomic E-state index is 11.6. The summed E-state index contributed by atoms with van der Waals surface area (Å²) in [5, 5.41) is 5.72. The lowest BCUT2D eigenvalue weighted by molar-refractivity contribution is -2.00. The first-order valence-electron chi connectivity index (χ1n) is 6.29. The van der Waals surface area contributed by atoms with Gasteiger partial charge in [-0.1, -0.05) is 30.3 Å². The van der Waals surface area contributed by atoms with E-state index in [0.29, 0.717) is 12.4 Å². The number of benzene rings is 1. The van der Waals surface area contributed by atoms with E-state index in [1.165, 1.54) is 0 Å². The van der Waals surface area contributed by atoms with Crippen molar-refractivity contribution in [3.63, 3.8) is 0 Å². The Balaban J connectivity index is 0.000000463. The highest BCUT2D eigenvalue weighted by Crippen LogP contribution is 2.16. The van der Waals surface area contributed by atoms with E-state index in [-0.39, 0.29) is 11.1 Å². The number of carbonyl (C=O) groups is 1. The zero-order valence-electron chi connectivity index (χ0n) is 12.1. The molecule has 0 spiro atoms. The quantitative estimate of drug-likeness (QED) is 0.556. The third-order valence-electron chi connectivity index (χ3n) is 2.44. The van der Waals surface area contributed by atoms with Crippen molar-refractivity contribution in [2.45, 2.75) is 6.92 Å². The molecule has 2 aromatic rings. The second-order valence-electron chi connectivity index (χ2n) is 4.04. The predicted octanol–water partition coefficient (Wildman–Crippen LogP) is -3.97. The van der Waals surface area contributed by atoms with Gasteiger partial charge in [0.05, 0.1) is 6.61 Å². The third-order valence-corrected chi connectivity index (χ3v) is 2.44. The van der Waals surface area contributed by atoms with Crippen LogP contribution in [0, 0.1) is 10.2 Å². The van der Waals surface area contributed by atoms with Crippen molar-refractivity contribution in [3.8, 4) is 11.3 Å². The molecule has 0 saturated carbocycles. The zero-order chi connectivity index (χ0) is 17.5. The molecular formula is C14H14ClNO7. The largest absolute Gasteiger partial charge is 0.462 e. The maximum Gasteiger partial charge on any atom is 0.379 e. The topological polar surface area (TPSA) is 157 Å². The fraction of sp³-hybridized carbons (Fsp3) is 0.143. The fourth-order valence-corrected chi connectivity index (χ4v) is 1.58. The average molecular weight is 344 g/mol. The summed E-state index contributed by atoms with van der Waals surface area (Å²) in [6.45, 7) is 2.04. The Hall–Kier alpha value is -2.23. The van der Waals surface area contributed by atoms with Crippen LogP contribution in [0.5, 0.6) is 0 Å². The third kappa shape index (κ3) is 7.04. The number of hydrogen-bond donors (Lipinski definition) is 1. The number of carbonyl (C=O) groups excluding carboxylic acids is 1. The van der Waals surface area contributed by atoms with E-state index >= 15 is 0 Å². The van der Waals surface area contributed by atoms with Crippen LogP contribution in [0.15, 0.2) is 46.9 Å². The van der Waals surface area contributed by atoms with Crippen LogP contribution in [-0.2, 0) is 4.74 Å². The number of ether oxygens (including phenoxy) is 1. The second kappa shape index (κ2) is 8.42. The summed E-state index contributed by atoms with van der Waals surface area (Å²) < 4.78 is 44.3. The van der Waals surface area contributed by atoms with Gasteiger partial charge in [0, 0.05) is 5.56 Å². The Morgan fingerprint density at radius 1 is 1.13 bits per heavy atom. The van der Waals surface area contributed by atoms with E-state index in [2.05, 4.69) is 0 Å². The molecule has 0 bridgehead atoms. The van der Waals surface area contributed by atoms with Crippen molar-refractivity contribution >= 4 is 5.97 Å². The van der Waals surface area contributed by atoms with Crippen molar-refractivity contribution in [1.82, 2.24) is 0 Å². The fourth-order valence-electron chi connectivity index (χ4n) is 1.58. The van der Waals surface area contributed by atoms with E-state index < -0.39 is 16.2 Å². The van der Waals surface area contributed by atoms with Crippen LogP contribution >= 0.6 is 0 Å². The van der Waals surface area contributed by atoms with Crippen LogP contribution in [0.4, 0.5) is 0 Å². The summed E-state index contributed by atoms with van der Waals surface area (Å²) >= 11 is 0. The number of esters is 1. The highest BCUT2D eigenvalue weighted by molar-refractivity contribution is 5.88. The van der Waals surface area contributed by atoms with Gasteiger partial charge >= 0.3 is 11.5 Å². The molecule has 8 nitrogen and oxygen atoms in total. The predicted molar refractivity (Wildman–Crippen MR) is 65.2 cm³/mol. The van der Waals surface area contributed by atoms with Crippen molar-refractivity contribution in [3.05, 3.63) is 53.6 Å². The molecule has 0 aliphatic heterocycles. The molecule has 23 heavy (non-hydrogen) atoms. The molecule has 9 heteroatoms. The molecule has 0 amide bonds. The van der Waals surface area contributed by atoms with Gasteiger partial charge in [0.15, 0.2) is 5.56 Å². The van der Waals surface area contributed by atoms with Crippen LogP contribution in [0.25, 0.3) is 11.3 Å². The average Bonchev–Trinajstić information content (AvgIpc) is 2.46. The summed E-state index contributed by atoms with van der Waals surface area (Å²) in [7, 11) is -4.94. The Kier molecular flexibility index (Phi) is 6.89. The molecule has 0 aliphatic rings. The van der Waals surface area contributed by atoms with Crippen molar-refractivity contribution in [1.29, 1.82) is 0 Å². The van der Waals surface area contributed by atoms with Crippen LogP contribution in [-0.4, -0.2) is 12.6 Å². The Morgan fingerprint density at radius 3 is 2.17 bits per heavy atom. The van der Waals surface area contributed by atoms with Gasteiger partial charge in [-0.25, -0.2) is 28.8 Å². The number of hydrogen-bond acceptors (Lipinski definition) is 7. The Morgan fingerprint density at radius 2 is 1.70 bits per heavy atom. The standard InChI is InChI=1S/C14H13NO3.ClHO4/c1-2-17-14(16)11-8-9-12(18-13(11)15)10-6-4-3-5-7-10;2-1(3,4)5/h3-9,15H,2H2,1H3;(H,2,3,4,5). The van der Waals surface area contributed by atoms with Crippen LogP contribution < -0.4 is 29.6 Å². The molecule has 0 fully saturated rings. The van der Waals surface area contributed by atoms with Gasteiger partial charge in [0.1, 0.15) is 5.76 Å². The molecule has 1 heterocycles. The van der Waals surface area contributed by atoms with E-state index in [1.807, 2.05) is 30.3 Å². The molecule has 0 atom stereocenters. The normalized spacial score (nSPS) is 10.5. The van der Waals surface area contributed by atoms with Crippen molar-refractivity contribution in [2.24, 2.45) is 0 Å². The van der Waals surface area contributed by atoms with Crippen LogP contribution in [0.3, 0.4) is 0 Å². The number of halogens is 1. The first-order chi connectivity index (χ1) is 10.7. The lowest BCUT2D eigenvalue weighted by atomic mass is 10.1. The number of nitrogens with two attached hydrogens (primary N) is 1. The van der Waals surface area contributed by atoms with Gasteiger partial charge in [0.2, 0.25) is 0 Å². The lowest BCUT2D eigenvalue weighted by Gasteiger charge is -2.17. The molecule has 1 aromatic carbocycles. The van der Waals surface area contributed by atoms with E-state index in [1.54, 1.807) is 19.1 Å². The first-order valence-corrected chi connectivity index (χ1v) is 7.52. The summed E-state index contributed by atoms with van der Waals surface area (Å²) in [5.74, 6) is 0.138. The van der Waals surface area contributed by atoms with Crippen LogP contribution in [0.2, 0.25) is 0 Å². The monoisotopic (exact) mass is 343 g/mol. The summed E-state index contributed by atoms with van der Waals surface area (Å²) in [4.78, 5) is 11.6. The van der Waals surface area contributed by atoms with Crippen molar-refractivity contribution in [2.75, 3.05) is 6.61 Å². The second-order valence-corrected chi connectivity index (χ2v) is 4.80. The minimum absolute atomic E-state index is 0.0646. The van der Waals surface area contributed by atoms with Gasteiger partial charge in [-0.3, -0.25) is 0 Å². The smallest absolute Gasteiger partial charge is 0.379 e. The lowest BCUT2D eigenvalue weighted by Crippen LogP contribution is -2.68. The van der Waals surface area contributed by atoms with Gasteiger partial charge in [-0.15, -0.1) is 10.2 Å². The molecular weight excluding hydrogens is 330 g/mol. The SMILES string of the molecule is CCOC(=O)c1ccc(-c2ccccc2)oc1=[NH2+].[O-][Cl+3]([O-])([O-])[O-]. The molecule has 0 saturated heterocycles. The maximum atomic E-state index is 11.6. The molecule has 2 rings (SSSR count). The van der Waals surface area contributed by atoms with E-state index in [4.69, 9.17) is 33.2 Å².